The van der Waals surface area contributed by atoms with Crippen LogP contribution >= 0.6 is 22.9 Å². The highest BCUT2D eigenvalue weighted by Crippen LogP contribution is 2.36. The molecule has 1 aromatic heterocycles. The molecule has 2 atom stereocenters. The third-order valence-corrected chi connectivity index (χ3v) is 4.70. The van der Waals surface area contributed by atoms with Gasteiger partial charge in [-0.1, -0.05) is 39.3 Å². The van der Waals surface area contributed by atoms with E-state index in [1.807, 2.05) is 13.1 Å². The maximum absolute atomic E-state index is 5.98. The van der Waals surface area contributed by atoms with Gasteiger partial charge in [-0.25, -0.2) is 0 Å². The average Bonchev–Trinajstić information content (AvgIpc) is 2.59. The van der Waals surface area contributed by atoms with Gasteiger partial charge in [-0.3, -0.25) is 0 Å². The van der Waals surface area contributed by atoms with Crippen LogP contribution in [0.15, 0.2) is 12.1 Å². The summed E-state index contributed by atoms with van der Waals surface area (Å²) in [6, 6.07) is 4.53. The van der Waals surface area contributed by atoms with Gasteiger partial charge >= 0.3 is 0 Å². The van der Waals surface area contributed by atoms with Gasteiger partial charge in [0, 0.05) is 10.9 Å². The van der Waals surface area contributed by atoms with E-state index in [4.69, 9.17) is 11.6 Å². The Hall–Kier alpha value is -0.0500. The van der Waals surface area contributed by atoms with Crippen LogP contribution in [0.3, 0.4) is 0 Å². The average molecular weight is 260 g/mol. The summed E-state index contributed by atoms with van der Waals surface area (Å²) in [5.41, 5.74) is 0.357. The zero-order valence-corrected chi connectivity index (χ0v) is 12.4. The molecule has 1 rings (SSSR count). The molecule has 1 aromatic rings. The predicted molar refractivity (Wildman–Crippen MR) is 74.4 cm³/mol. The minimum absolute atomic E-state index is 0.357. The summed E-state index contributed by atoms with van der Waals surface area (Å²) >= 11 is 7.65. The lowest BCUT2D eigenvalue weighted by Crippen LogP contribution is -2.24. The molecule has 2 unspecified atom stereocenters. The monoisotopic (exact) mass is 259 g/mol. The molecule has 0 saturated heterocycles. The fourth-order valence-corrected chi connectivity index (χ4v) is 2.78. The van der Waals surface area contributed by atoms with Crippen LogP contribution in [0.4, 0.5) is 0 Å². The molecule has 3 heteroatoms. The summed E-state index contributed by atoms with van der Waals surface area (Å²) in [5.74, 6) is 0.672. The van der Waals surface area contributed by atoms with Crippen molar-refractivity contribution in [2.75, 3.05) is 7.05 Å². The van der Waals surface area contributed by atoms with E-state index in [1.54, 1.807) is 11.3 Å². The second kappa shape index (κ2) is 5.52. The largest absolute Gasteiger partial charge is 0.312 e. The van der Waals surface area contributed by atoms with Crippen molar-refractivity contribution in [1.29, 1.82) is 0 Å². The first kappa shape index (κ1) is 14.0. The van der Waals surface area contributed by atoms with E-state index in [-0.39, 0.29) is 0 Å². The van der Waals surface area contributed by atoms with Crippen molar-refractivity contribution in [2.24, 2.45) is 11.3 Å². The molecular weight excluding hydrogens is 238 g/mol. The van der Waals surface area contributed by atoms with Gasteiger partial charge in [0.1, 0.15) is 0 Å². The van der Waals surface area contributed by atoms with Crippen LogP contribution in [-0.2, 0) is 0 Å². The normalized spacial score (nSPS) is 16.1. The molecule has 0 aliphatic rings. The molecule has 0 aliphatic carbocycles. The Morgan fingerprint density at radius 2 is 2.00 bits per heavy atom. The minimum atomic E-state index is 0.357. The van der Waals surface area contributed by atoms with E-state index >= 15 is 0 Å². The smallest absolute Gasteiger partial charge is 0.0931 e. The van der Waals surface area contributed by atoms with E-state index in [2.05, 4.69) is 39.1 Å². The summed E-state index contributed by atoms with van der Waals surface area (Å²) in [7, 11) is 2.02. The van der Waals surface area contributed by atoms with Crippen molar-refractivity contribution in [3.63, 3.8) is 0 Å². The third-order valence-electron chi connectivity index (χ3n) is 3.35. The van der Waals surface area contributed by atoms with E-state index in [0.29, 0.717) is 17.4 Å². The molecule has 1 nitrogen and oxygen atoms in total. The van der Waals surface area contributed by atoms with Crippen molar-refractivity contribution in [3.8, 4) is 0 Å². The number of rotatable bonds is 4. The molecule has 1 N–H and O–H groups in total. The van der Waals surface area contributed by atoms with E-state index in [9.17, 15) is 0 Å². The second-order valence-corrected chi connectivity index (χ2v) is 7.23. The van der Waals surface area contributed by atoms with Crippen molar-refractivity contribution in [2.45, 2.75) is 40.2 Å². The van der Waals surface area contributed by atoms with Crippen LogP contribution in [0.2, 0.25) is 4.34 Å². The molecule has 0 amide bonds. The maximum Gasteiger partial charge on any atom is 0.0931 e. The Morgan fingerprint density at radius 1 is 1.38 bits per heavy atom. The first-order chi connectivity index (χ1) is 7.34. The summed E-state index contributed by atoms with van der Waals surface area (Å²) in [4.78, 5) is 1.34. The topological polar surface area (TPSA) is 12.0 Å². The van der Waals surface area contributed by atoms with Gasteiger partial charge < -0.3 is 5.32 Å². The summed E-state index contributed by atoms with van der Waals surface area (Å²) in [5, 5.41) is 3.39. The molecular formula is C13H22ClNS. The first-order valence-electron chi connectivity index (χ1n) is 5.77. The van der Waals surface area contributed by atoms with E-state index in [1.165, 1.54) is 4.88 Å². The number of nitrogens with one attached hydrogen (secondary N) is 1. The molecule has 0 spiro atoms. The molecule has 92 valence electrons. The molecule has 0 saturated carbocycles. The summed E-state index contributed by atoms with van der Waals surface area (Å²) in [6.45, 7) is 9.21. The van der Waals surface area contributed by atoms with Gasteiger partial charge in [0.15, 0.2) is 0 Å². The van der Waals surface area contributed by atoms with Crippen molar-refractivity contribution in [1.82, 2.24) is 5.32 Å². The van der Waals surface area contributed by atoms with Crippen molar-refractivity contribution < 1.29 is 0 Å². The van der Waals surface area contributed by atoms with Gasteiger partial charge in [-0.15, -0.1) is 11.3 Å². The lowest BCUT2D eigenvalue weighted by molar-refractivity contribution is 0.227. The maximum atomic E-state index is 5.98. The van der Waals surface area contributed by atoms with Crippen LogP contribution in [0.5, 0.6) is 0 Å². The van der Waals surface area contributed by atoms with Crippen LogP contribution < -0.4 is 5.32 Å². The Balaban J connectivity index is 2.70. The van der Waals surface area contributed by atoms with Gasteiger partial charge in [0.05, 0.1) is 4.34 Å². The second-order valence-electron chi connectivity index (χ2n) is 5.49. The highest BCUT2D eigenvalue weighted by molar-refractivity contribution is 7.16. The molecule has 0 fully saturated rings. The van der Waals surface area contributed by atoms with Gasteiger partial charge in [0.25, 0.3) is 0 Å². The van der Waals surface area contributed by atoms with E-state index < -0.39 is 0 Å². The molecule has 0 radical (unpaired) electrons. The summed E-state index contributed by atoms with van der Waals surface area (Å²) in [6.07, 6.45) is 1.15. The quantitative estimate of drug-likeness (QED) is 0.824. The van der Waals surface area contributed by atoms with Crippen molar-refractivity contribution in [3.05, 3.63) is 21.3 Å². The standard InChI is InChI=1S/C13H22ClNS/c1-9(13(2,3)4)8-10(15-5)11-6-7-12(14)16-11/h6-7,9-10,15H,8H2,1-5H3. The van der Waals surface area contributed by atoms with Crippen LogP contribution in [0.25, 0.3) is 0 Å². The number of hydrogen-bond donors (Lipinski definition) is 1. The fourth-order valence-electron chi connectivity index (χ4n) is 1.60. The zero-order valence-electron chi connectivity index (χ0n) is 10.8. The number of thiophene rings is 1. The lowest BCUT2D eigenvalue weighted by atomic mass is 9.78. The van der Waals surface area contributed by atoms with E-state index in [0.717, 1.165) is 10.8 Å². The Morgan fingerprint density at radius 3 is 2.38 bits per heavy atom. The van der Waals surface area contributed by atoms with Crippen LogP contribution in [0.1, 0.15) is 45.0 Å². The van der Waals surface area contributed by atoms with Crippen LogP contribution in [0, 0.1) is 11.3 Å². The van der Waals surface area contributed by atoms with Crippen LogP contribution in [-0.4, -0.2) is 7.05 Å². The predicted octanol–water partition coefficient (Wildman–Crippen LogP) is 4.73. The minimum Gasteiger partial charge on any atom is -0.312 e. The molecule has 0 aromatic carbocycles. The van der Waals surface area contributed by atoms with Gasteiger partial charge in [-0.05, 0) is 36.9 Å². The fraction of sp³-hybridized carbons (Fsp3) is 0.692. The SMILES string of the molecule is CNC(CC(C)C(C)(C)C)c1ccc(Cl)s1. The molecule has 0 aliphatic heterocycles. The van der Waals surface area contributed by atoms with Gasteiger partial charge in [0.2, 0.25) is 0 Å². The molecule has 1 heterocycles. The molecule has 16 heavy (non-hydrogen) atoms. The Labute approximate surface area is 108 Å². The lowest BCUT2D eigenvalue weighted by Gasteiger charge is -2.30. The third kappa shape index (κ3) is 3.76. The van der Waals surface area contributed by atoms with Crippen molar-refractivity contribution >= 4 is 22.9 Å². The summed E-state index contributed by atoms with van der Waals surface area (Å²) < 4.78 is 0.874. The molecule has 0 bridgehead atoms. The zero-order chi connectivity index (χ0) is 12.3. The van der Waals surface area contributed by atoms with Gasteiger partial charge in [-0.2, -0.15) is 0 Å². The highest BCUT2D eigenvalue weighted by atomic mass is 35.5. The Kier molecular flexibility index (Phi) is 4.84. The first-order valence-corrected chi connectivity index (χ1v) is 6.96. The number of halogens is 1. The Bertz CT molecular complexity index is 327. The number of hydrogen-bond acceptors (Lipinski definition) is 2. The highest BCUT2D eigenvalue weighted by Gasteiger charge is 2.24.